The maximum atomic E-state index is 11.9. The van der Waals surface area contributed by atoms with Crippen molar-refractivity contribution in [3.8, 4) is 0 Å². The summed E-state index contributed by atoms with van der Waals surface area (Å²) in [5, 5.41) is 2.72. The van der Waals surface area contributed by atoms with Gasteiger partial charge in [0, 0.05) is 19.7 Å². The number of hydrogen-bond acceptors (Lipinski definition) is 3. The van der Waals surface area contributed by atoms with Crippen LogP contribution in [0.1, 0.15) is 33.6 Å². The van der Waals surface area contributed by atoms with Gasteiger partial charge in [-0.05, 0) is 33.6 Å². The molecule has 1 N–H and O–H groups in total. The molecule has 0 aromatic rings. The van der Waals surface area contributed by atoms with Gasteiger partial charge in [0.15, 0.2) is 0 Å². The van der Waals surface area contributed by atoms with E-state index in [1.165, 1.54) is 0 Å². The second-order valence-electron chi connectivity index (χ2n) is 4.24. The lowest BCUT2D eigenvalue weighted by Gasteiger charge is -2.24. The fourth-order valence-electron chi connectivity index (χ4n) is 1.96. The summed E-state index contributed by atoms with van der Waals surface area (Å²) in [6, 6.07) is -0.480. The minimum absolute atomic E-state index is 0.0404. The summed E-state index contributed by atoms with van der Waals surface area (Å²) in [5.41, 5.74) is 0. The molecule has 1 saturated heterocycles. The van der Waals surface area contributed by atoms with Crippen LogP contribution in [0.2, 0.25) is 0 Å². The van der Waals surface area contributed by atoms with E-state index in [0.717, 1.165) is 12.8 Å². The quantitative estimate of drug-likeness (QED) is 0.765. The van der Waals surface area contributed by atoms with Crippen LogP contribution in [-0.4, -0.2) is 48.6 Å². The molecule has 0 aromatic heterocycles. The third-order valence-electron chi connectivity index (χ3n) is 3.03. The van der Waals surface area contributed by atoms with Gasteiger partial charge in [-0.1, -0.05) is 0 Å². The average Bonchev–Trinajstić information content (AvgIpc) is 2.83. The topological polar surface area (TPSA) is 58.6 Å². The summed E-state index contributed by atoms with van der Waals surface area (Å²) < 4.78 is 5.27. The fourth-order valence-corrected chi connectivity index (χ4v) is 1.96. The highest BCUT2D eigenvalue weighted by Gasteiger charge is 2.27. The van der Waals surface area contributed by atoms with Crippen LogP contribution >= 0.6 is 0 Å². The van der Waals surface area contributed by atoms with E-state index in [9.17, 15) is 9.59 Å². The maximum absolute atomic E-state index is 11.9. The van der Waals surface area contributed by atoms with E-state index in [0.29, 0.717) is 19.7 Å². The summed E-state index contributed by atoms with van der Waals surface area (Å²) >= 11 is 0. The molecule has 0 aliphatic carbocycles. The molecule has 0 bridgehead atoms. The van der Waals surface area contributed by atoms with Gasteiger partial charge >= 0.3 is 0 Å². The lowest BCUT2D eigenvalue weighted by atomic mass is 10.2. The molecule has 5 heteroatoms. The highest BCUT2D eigenvalue weighted by atomic mass is 16.5. The first-order chi connectivity index (χ1) is 8.10. The molecule has 0 radical (unpaired) electrons. The van der Waals surface area contributed by atoms with Gasteiger partial charge in [0.2, 0.25) is 11.8 Å². The molecule has 1 fully saturated rings. The Bertz CT molecular complexity index is 271. The Morgan fingerprint density at radius 1 is 1.41 bits per heavy atom. The first-order valence-electron chi connectivity index (χ1n) is 6.30. The van der Waals surface area contributed by atoms with Gasteiger partial charge < -0.3 is 15.0 Å². The zero-order chi connectivity index (χ0) is 12.8. The molecule has 2 atom stereocenters. The summed E-state index contributed by atoms with van der Waals surface area (Å²) in [7, 11) is 0. The summed E-state index contributed by atoms with van der Waals surface area (Å²) in [4.78, 5) is 25.4. The van der Waals surface area contributed by atoms with E-state index in [1.54, 1.807) is 11.8 Å². The Labute approximate surface area is 102 Å². The number of ether oxygens (including phenoxy) is 1. The molecule has 0 saturated carbocycles. The number of nitrogens with zero attached hydrogens (tertiary/aromatic N) is 1. The van der Waals surface area contributed by atoms with Crippen LogP contribution in [0.15, 0.2) is 0 Å². The zero-order valence-corrected chi connectivity index (χ0v) is 10.9. The summed E-state index contributed by atoms with van der Waals surface area (Å²) in [5.74, 6) is -0.211. The normalized spacial score (nSPS) is 21.0. The van der Waals surface area contributed by atoms with Gasteiger partial charge in [0.1, 0.15) is 12.1 Å². The van der Waals surface area contributed by atoms with Crippen LogP contribution in [-0.2, 0) is 14.3 Å². The number of rotatable bonds is 5. The van der Waals surface area contributed by atoms with E-state index in [2.05, 4.69) is 5.32 Å². The lowest BCUT2D eigenvalue weighted by molar-refractivity contribution is -0.138. The van der Waals surface area contributed by atoms with Crippen molar-refractivity contribution in [1.82, 2.24) is 10.2 Å². The van der Waals surface area contributed by atoms with Gasteiger partial charge in [-0.3, -0.25) is 9.59 Å². The molecule has 1 heterocycles. The molecule has 17 heavy (non-hydrogen) atoms. The van der Waals surface area contributed by atoms with Crippen molar-refractivity contribution >= 4 is 11.8 Å². The highest BCUT2D eigenvalue weighted by molar-refractivity contribution is 5.89. The van der Waals surface area contributed by atoms with Crippen molar-refractivity contribution in [2.75, 3.05) is 19.7 Å². The predicted molar refractivity (Wildman–Crippen MR) is 64.5 cm³/mol. The van der Waals surface area contributed by atoms with E-state index in [4.69, 9.17) is 4.74 Å². The third-order valence-corrected chi connectivity index (χ3v) is 3.03. The van der Waals surface area contributed by atoms with Crippen molar-refractivity contribution in [2.45, 2.75) is 45.8 Å². The lowest BCUT2D eigenvalue weighted by Crippen LogP contribution is -2.49. The van der Waals surface area contributed by atoms with Crippen molar-refractivity contribution < 1.29 is 14.3 Å². The number of likely N-dealkylation sites (N-methyl/N-ethyl adjacent to an activating group) is 1. The van der Waals surface area contributed by atoms with E-state index in [-0.39, 0.29) is 17.9 Å². The third kappa shape index (κ3) is 3.70. The second-order valence-corrected chi connectivity index (χ2v) is 4.24. The van der Waals surface area contributed by atoms with Gasteiger partial charge in [-0.15, -0.1) is 0 Å². The molecule has 0 spiro atoms. The van der Waals surface area contributed by atoms with Crippen molar-refractivity contribution in [3.05, 3.63) is 0 Å². The molecule has 98 valence electrons. The van der Waals surface area contributed by atoms with Gasteiger partial charge in [0.25, 0.3) is 0 Å². The first-order valence-corrected chi connectivity index (χ1v) is 6.30. The number of carbonyl (C=O) groups is 2. The van der Waals surface area contributed by atoms with Crippen molar-refractivity contribution in [1.29, 1.82) is 0 Å². The molecule has 1 rings (SSSR count). The van der Waals surface area contributed by atoms with Crippen molar-refractivity contribution in [3.63, 3.8) is 0 Å². The minimum atomic E-state index is -0.480. The number of carbonyl (C=O) groups excluding carboxylic acids is 2. The largest absolute Gasteiger partial charge is 0.368 e. The Hall–Kier alpha value is -1.10. The molecule has 1 aliphatic heterocycles. The number of hydrogen-bond donors (Lipinski definition) is 1. The molecular formula is C12H22N2O3. The van der Waals surface area contributed by atoms with Crippen LogP contribution in [0.4, 0.5) is 0 Å². The standard InChI is InChI=1S/C12H22N2O3/c1-4-14(5-2)12(16)9(3)13-11(15)10-7-6-8-17-10/h9-10H,4-8H2,1-3H3,(H,13,15). The fraction of sp³-hybridized carbons (Fsp3) is 0.833. The van der Waals surface area contributed by atoms with Crippen molar-refractivity contribution in [2.24, 2.45) is 0 Å². The van der Waals surface area contributed by atoms with Crippen LogP contribution < -0.4 is 5.32 Å². The molecular weight excluding hydrogens is 220 g/mol. The summed E-state index contributed by atoms with van der Waals surface area (Å²) in [6.45, 7) is 7.53. The van der Waals surface area contributed by atoms with Gasteiger partial charge in [0.05, 0.1) is 0 Å². The Morgan fingerprint density at radius 2 is 2.06 bits per heavy atom. The molecule has 2 unspecified atom stereocenters. The van der Waals surface area contributed by atoms with Crippen LogP contribution in [0.3, 0.4) is 0 Å². The molecule has 1 aliphatic rings. The monoisotopic (exact) mass is 242 g/mol. The van der Waals surface area contributed by atoms with E-state index >= 15 is 0 Å². The van der Waals surface area contributed by atoms with Gasteiger partial charge in [-0.2, -0.15) is 0 Å². The van der Waals surface area contributed by atoms with Crippen LogP contribution in [0.5, 0.6) is 0 Å². The van der Waals surface area contributed by atoms with Crippen LogP contribution in [0, 0.1) is 0 Å². The molecule has 5 nitrogen and oxygen atoms in total. The summed E-state index contributed by atoms with van der Waals surface area (Å²) in [6.07, 6.45) is 1.29. The van der Waals surface area contributed by atoms with Crippen LogP contribution in [0.25, 0.3) is 0 Å². The van der Waals surface area contributed by atoms with E-state index in [1.807, 2.05) is 13.8 Å². The number of amides is 2. The first kappa shape index (κ1) is 14.0. The number of nitrogens with one attached hydrogen (secondary N) is 1. The minimum Gasteiger partial charge on any atom is -0.368 e. The molecule has 2 amide bonds. The van der Waals surface area contributed by atoms with E-state index < -0.39 is 6.04 Å². The maximum Gasteiger partial charge on any atom is 0.249 e. The smallest absolute Gasteiger partial charge is 0.249 e. The molecule has 0 aromatic carbocycles. The zero-order valence-electron chi connectivity index (χ0n) is 10.9. The Balaban J connectivity index is 2.44. The second kappa shape index (κ2) is 6.59. The Kier molecular flexibility index (Phi) is 5.41. The Morgan fingerprint density at radius 3 is 2.53 bits per heavy atom. The highest BCUT2D eigenvalue weighted by Crippen LogP contribution is 2.12. The average molecular weight is 242 g/mol. The van der Waals surface area contributed by atoms with Gasteiger partial charge in [-0.25, -0.2) is 0 Å². The SMILES string of the molecule is CCN(CC)C(=O)C(C)NC(=O)C1CCCO1. The predicted octanol–water partition coefficient (Wildman–Crippen LogP) is 0.539.